The molecule has 14 heteroatoms. The molecular formula is C44H44ClN9O3S. The Morgan fingerprint density at radius 3 is 2.53 bits per heavy atom. The number of nitrogens with zero attached hydrogens (tertiary/aromatic N) is 5. The summed E-state index contributed by atoms with van der Waals surface area (Å²) < 4.78 is 0. The van der Waals surface area contributed by atoms with E-state index in [1.54, 1.807) is 16.7 Å². The van der Waals surface area contributed by atoms with Crippen LogP contribution < -0.4 is 15.5 Å². The topological polar surface area (TPSA) is 158 Å². The molecule has 6 heterocycles. The van der Waals surface area contributed by atoms with E-state index >= 15 is 0 Å². The van der Waals surface area contributed by atoms with Crippen molar-refractivity contribution in [3.63, 3.8) is 0 Å². The third kappa shape index (κ3) is 7.79. The molecule has 3 amide bonds. The highest BCUT2D eigenvalue weighted by Gasteiger charge is 2.40. The van der Waals surface area contributed by atoms with Crippen molar-refractivity contribution in [1.82, 2.24) is 20.1 Å². The summed E-state index contributed by atoms with van der Waals surface area (Å²) in [6.07, 6.45) is 4.57. The fraction of sp³-hybridized carbons (Fsp3) is 0.341. The predicted molar refractivity (Wildman–Crippen MR) is 228 cm³/mol. The van der Waals surface area contributed by atoms with Crippen molar-refractivity contribution in [1.29, 1.82) is 10.8 Å². The molecule has 12 nitrogen and oxygen atoms in total. The van der Waals surface area contributed by atoms with Crippen molar-refractivity contribution in [3.8, 4) is 11.8 Å². The van der Waals surface area contributed by atoms with Crippen LogP contribution >= 0.6 is 22.9 Å². The first-order chi connectivity index (χ1) is 27.9. The van der Waals surface area contributed by atoms with Gasteiger partial charge in [0.05, 0.1) is 10.6 Å². The number of likely N-dealkylation sites (tertiary alicyclic amines) is 1. The number of carbonyl (C=O) groups excluding carboxylic acids is 3. The van der Waals surface area contributed by atoms with Crippen LogP contribution in [-0.4, -0.2) is 81.6 Å². The number of amides is 3. The summed E-state index contributed by atoms with van der Waals surface area (Å²) in [6.45, 7) is 9.48. The number of nitrogens with one attached hydrogen (secondary N) is 4. The van der Waals surface area contributed by atoms with Crippen molar-refractivity contribution in [2.24, 2.45) is 10.9 Å². The summed E-state index contributed by atoms with van der Waals surface area (Å²) in [5.74, 6) is 6.72. The number of thiophene rings is 1. The molecule has 2 aromatic carbocycles. The average molecular weight is 814 g/mol. The highest BCUT2D eigenvalue weighted by Crippen LogP contribution is 2.40. The van der Waals surface area contributed by atoms with E-state index in [1.165, 1.54) is 11.3 Å². The van der Waals surface area contributed by atoms with Crippen LogP contribution in [0.5, 0.6) is 0 Å². The van der Waals surface area contributed by atoms with Crippen LogP contribution in [0.3, 0.4) is 0 Å². The first-order valence-corrected chi connectivity index (χ1v) is 20.8. The first-order valence-electron chi connectivity index (χ1n) is 19.6. The number of carbonyl (C=O) groups is 3. The summed E-state index contributed by atoms with van der Waals surface area (Å²) in [7, 11) is 0. The third-order valence-electron chi connectivity index (χ3n) is 11.4. The van der Waals surface area contributed by atoms with Crippen molar-refractivity contribution in [3.05, 3.63) is 110 Å². The summed E-state index contributed by atoms with van der Waals surface area (Å²) in [5.41, 5.74) is 7.72. The lowest BCUT2D eigenvalue weighted by molar-refractivity contribution is -0.136. The maximum atomic E-state index is 13.2. The number of fused-ring (bicyclic) bond motifs is 2. The molecule has 0 radical (unpaired) electrons. The predicted octanol–water partition coefficient (Wildman–Crippen LogP) is 6.61. The molecule has 2 saturated heterocycles. The number of imide groups is 1. The van der Waals surface area contributed by atoms with E-state index in [9.17, 15) is 14.4 Å². The minimum absolute atomic E-state index is 0.161. The summed E-state index contributed by atoms with van der Waals surface area (Å²) >= 11 is 7.67. The standard InChI is InChI=1S/C44H44ClN9O3S/c1-25-37(58-44-39(25)40(30-8-10-31(45)11-9-30)50-26(2)41(47)54(44)27(3)46)15-13-32-12-7-29(22-48-32)23-52-19-17-28(18-20-52)21-49-35-6-4-5-33-34(35)24-53(43(33)57)36-14-16-38(55)51-42(36)56/h4-12,22,26,28,36,46-47,49H,14,16-21,23-24H2,1-3H3,(H,51,55,56)/t26-,36?/m0/s1. The van der Waals surface area contributed by atoms with E-state index in [4.69, 9.17) is 32.4 Å². The van der Waals surface area contributed by atoms with Gasteiger partial charge < -0.3 is 10.2 Å². The van der Waals surface area contributed by atoms with Crippen LogP contribution in [-0.2, 0) is 22.7 Å². The fourth-order valence-corrected chi connectivity index (χ4v) is 9.51. The number of benzene rings is 2. The monoisotopic (exact) mass is 813 g/mol. The van der Waals surface area contributed by atoms with Gasteiger partial charge in [-0.2, -0.15) is 0 Å². The Bertz CT molecular complexity index is 2420. The highest BCUT2D eigenvalue weighted by molar-refractivity contribution is 7.17. The molecule has 58 heavy (non-hydrogen) atoms. The minimum atomic E-state index is -0.627. The molecule has 4 aliphatic rings. The maximum Gasteiger partial charge on any atom is 0.255 e. The Kier molecular flexibility index (Phi) is 11.0. The summed E-state index contributed by atoms with van der Waals surface area (Å²) in [4.78, 5) is 53.6. The van der Waals surface area contributed by atoms with Crippen LogP contribution in [0.15, 0.2) is 65.8 Å². The first kappa shape index (κ1) is 39.2. The second-order valence-electron chi connectivity index (χ2n) is 15.3. The molecule has 296 valence electrons. The number of pyridine rings is 1. The van der Waals surface area contributed by atoms with Crippen LogP contribution in [0.4, 0.5) is 10.7 Å². The molecule has 4 N–H and O–H groups in total. The van der Waals surface area contributed by atoms with E-state index in [0.29, 0.717) is 35.2 Å². The number of aliphatic imine (C=N–C) groups is 1. The molecule has 0 bridgehead atoms. The van der Waals surface area contributed by atoms with E-state index in [2.05, 4.69) is 33.4 Å². The van der Waals surface area contributed by atoms with Gasteiger partial charge in [0.25, 0.3) is 5.91 Å². The zero-order valence-electron chi connectivity index (χ0n) is 32.6. The number of aromatic nitrogens is 1. The Hall–Kier alpha value is -5.68. The molecule has 1 unspecified atom stereocenters. The SMILES string of the molecule is CC(=N)N1C(=N)[C@H](C)N=C(c2ccc(Cl)cc2)c2c1sc(C#Cc1ccc(CN3CCC(CNc4cccc5c4CN(C4CCC(=O)NC4=O)C5=O)CC3)cn1)c2C. The van der Waals surface area contributed by atoms with E-state index in [1.807, 2.05) is 68.6 Å². The number of hydrogen-bond donors (Lipinski definition) is 4. The van der Waals surface area contributed by atoms with Gasteiger partial charge in [-0.15, -0.1) is 11.3 Å². The van der Waals surface area contributed by atoms with Gasteiger partial charge in [0, 0.05) is 65.2 Å². The Morgan fingerprint density at radius 1 is 1.05 bits per heavy atom. The average Bonchev–Trinajstić information content (AvgIpc) is 3.68. The molecule has 2 aromatic heterocycles. The number of amidine groups is 2. The van der Waals surface area contributed by atoms with Crippen LogP contribution in [0.2, 0.25) is 5.02 Å². The van der Waals surface area contributed by atoms with Crippen molar-refractivity contribution in [2.75, 3.05) is 29.9 Å². The zero-order chi connectivity index (χ0) is 40.7. The quantitative estimate of drug-likeness (QED) is 0.0708. The lowest BCUT2D eigenvalue weighted by atomic mass is 9.96. The van der Waals surface area contributed by atoms with Crippen LogP contribution in [0.25, 0.3) is 0 Å². The molecule has 0 aliphatic carbocycles. The molecule has 0 saturated carbocycles. The second-order valence-corrected chi connectivity index (χ2v) is 16.8. The fourth-order valence-electron chi connectivity index (χ4n) is 8.15. The van der Waals surface area contributed by atoms with Gasteiger partial charge in [-0.3, -0.25) is 45.3 Å². The van der Waals surface area contributed by atoms with E-state index in [0.717, 1.165) is 88.1 Å². The normalized spacial score (nSPS) is 19.8. The van der Waals surface area contributed by atoms with Crippen molar-refractivity contribution in [2.45, 2.75) is 71.6 Å². The Morgan fingerprint density at radius 2 is 1.83 bits per heavy atom. The van der Waals surface area contributed by atoms with E-state index < -0.39 is 18.0 Å². The van der Waals surface area contributed by atoms with E-state index in [-0.39, 0.29) is 29.9 Å². The smallest absolute Gasteiger partial charge is 0.255 e. The summed E-state index contributed by atoms with van der Waals surface area (Å²) in [6, 6.07) is 16.2. The van der Waals surface area contributed by atoms with Gasteiger partial charge in [-0.05, 0) is 112 Å². The van der Waals surface area contributed by atoms with Gasteiger partial charge in [0.2, 0.25) is 11.8 Å². The lowest BCUT2D eigenvalue weighted by Crippen LogP contribution is -2.52. The van der Waals surface area contributed by atoms with Crippen LogP contribution in [0, 0.1) is 35.5 Å². The van der Waals surface area contributed by atoms with Crippen molar-refractivity contribution < 1.29 is 14.4 Å². The molecule has 8 rings (SSSR count). The molecule has 4 aliphatic heterocycles. The van der Waals surface area contributed by atoms with Gasteiger partial charge in [-0.25, -0.2) is 4.98 Å². The molecule has 0 spiro atoms. The number of piperidine rings is 2. The summed E-state index contributed by atoms with van der Waals surface area (Å²) in [5, 5.41) is 24.8. The van der Waals surface area contributed by atoms with Gasteiger partial charge in [0.15, 0.2) is 0 Å². The van der Waals surface area contributed by atoms with Gasteiger partial charge >= 0.3 is 0 Å². The molecule has 2 fully saturated rings. The third-order valence-corrected chi connectivity index (χ3v) is 12.8. The number of anilines is 2. The Labute approximate surface area is 346 Å². The van der Waals surface area contributed by atoms with Gasteiger partial charge in [-0.1, -0.05) is 35.9 Å². The minimum Gasteiger partial charge on any atom is -0.384 e. The van der Waals surface area contributed by atoms with Gasteiger partial charge in [0.1, 0.15) is 34.4 Å². The number of hydrogen-bond acceptors (Lipinski definition) is 10. The maximum absolute atomic E-state index is 13.2. The molecular weight excluding hydrogens is 770 g/mol. The largest absolute Gasteiger partial charge is 0.384 e. The van der Waals surface area contributed by atoms with Crippen LogP contribution in [0.1, 0.15) is 88.3 Å². The number of rotatable bonds is 7. The molecule has 2 atom stereocenters. The zero-order valence-corrected chi connectivity index (χ0v) is 34.2. The Balaban J connectivity index is 0.883. The second kappa shape index (κ2) is 16.3. The number of halogens is 1. The molecule has 4 aromatic rings. The lowest BCUT2D eigenvalue weighted by Gasteiger charge is -2.32. The highest BCUT2D eigenvalue weighted by atomic mass is 35.5. The van der Waals surface area contributed by atoms with Crippen molar-refractivity contribution >= 4 is 68.7 Å².